The van der Waals surface area contributed by atoms with E-state index in [1.165, 1.54) is 22.5 Å². The highest BCUT2D eigenvalue weighted by molar-refractivity contribution is 7.12. The second-order valence-electron chi connectivity index (χ2n) is 8.53. The lowest BCUT2D eigenvalue weighted by Crippen LogP contribution is -2.25. The molecule has 5 heteroatoms. The van der Waals surface area contributed by atoms with Crippen molar-refractivity contribution < 1.29 is 4.79 Å². The van der Waals surface area contributed by atoms with Crippen LogP contribution in [0.2, 0.25) is 0 Å². The maximum absolute atomic E-state index is 12.2. The van der Waals surface area contributed by atoms with E-state index in [1.807, 2.05) is 35.7 Å². The van der Waals surface area contributed by atoms with Crippen LogP contribution in [0.5, 0.6) is 0 Å². The molecule has 0 fully saturated rings. The van der Waals surface area contributed by atoms with E-state index in [0.29, 0.717) is 13.0 Å². The van der Waals surface area contributed by atoms with Crippen LogP contribution >= 0.6 is 11.3 Å². The summed E-state index contributed by atoms with van der Waals surface area (Å²) >= 11 is 1.46. The minimum atomic E-state index is -0.0227. The van der Waals surface area contributed by atoms with Crippen LogP contribution in [0.25, 0.3) is 11.0 Å². The minimum Gasteiger partial charge on any atom is -0.351 e. The van der Waals surface area contributed by atoms with Crippen LogP contribution in [-0.2, 0) is 18.4 Å². The van der Waals surface area contributed by atoms with Gasteiger partial charge >= 0.3 is 0 Å². The number of fused-ring (bicyclic) bond motifs is 1. The predicted octanol–water partition coefficient (Wildman–Crippen LogP) is 5.42. The van der Waals surface area contributed by atoms with Crippen molar-refractivity contribution in [1.29, 1.82) is 0 Å². The predicted molar refractivity (Wildman–Crippen MR) is 124 cm³/mol. The van der Waals surface area contributed by atoms with Gasteiger partial charge in [0, 0.05) is 19.5 Å². The van der Waals surface area contributed by atoms with E-state index >= 15 is 0 Å². The summed E-state index contributed by atoms with van der Waals surface area (Å²) in [6.45, 7) is 8.01. The van der Waals surface area contributed by atoms with Crippen molar-refractivity contribution in [3.05, 3.63) is 87.9 Å². The third-order valence-corrected chi connectivity index (χ3v) is 6.14. The number of rotatable bonds is 6. The molecule has 0 aliphatic heterocycles. The number of para-hydroxylation sites is 2. The van der Waals surface area contributed by atoms with Crippen molar-refractivity contribution in [3.63, 3.8) is 0 Å². The fourth-order valence-corrected chi connectivity index (χ4v) is 4.21. The number of imidazole rings is 1. The highest BCUT2D eigenvalue weighted by atomic mass is 32.1. The van der Waals surface area contributed by atoms with Crippen molar-refractivity contribution in [2.45, 2.75) is 39.2 Å². The SMILES string of the molecule is CC(C)(C)c1ccc(Cn2c(CCNC(=O)c3cccs3)nc3ccccc32)cc1. The number of thiophene rings is 1. The molecule has 2 aromatic carbocycles. The molecule has 0 aliphatic carbocycles. The molecule has 4 aromatic rings. The third kappa shape index (κ3) is 4.46. The molecule has 4 rings (SSSR count). The number of benzene rings is 2. The molecule has 0 saturated carbocycles. The first kappa shape index (κ1) is 20.4. The Kier molecular flexibility index (Phi) is 5.73. The van der Waals surface area contributed by atoms with E-state index in [2.05, 4.69) is 61.0 Å². The number of hydrogen-bond donors (Lipinski definition) is 1. The van der Waals surface area contributed by atoms with Gasteiger partial charge in [0.2, 0.25) is 0 Å². The lowest BCUT2D eigenvalue weighted by atomic mass is 9.87. The summed E-state index contributed by atoms with van der Waals surface area (Å²) in [5.41, 5.74) is 4.83. The molecular formula is C25H27N3OS. The second kappa shape index (κ2) is 8.44. The number of amides is 1. The Hall–Kier alpha value is -2.92. The summed E-state index contributed by atoms with van der Waals surface area (Å²) < 4.78 is 2.26. The zero-order chi connectivity index (χ0) is 21.1. The van der Waals surface area contributed by atoms with Gasteiger partial charge in [0.05, 0.1) is 15.9 Å². The normalized spacial score (nSPS) is 11.7. The minimum absolute atomic E-state index is 0.0227. The van der Waals surface area contributed by atoms with Crippen molar-refractivity contribution in [2.75, 3.05) is 6.54 Å². The molecule has 154 valence electrons. The lowest BCUT2D eigenvalue weighted by Gasteiger charge is -2.19. The highest BCUT2D eigenvalue weighted by Gasteiger charge is 2.15. The standard InChI is InChI=1S/C25H27N3OS/c1-25(2,3)19-12-10-18(11-13-19)17-28-21-8-5-4-7-20(21)27-23(28)14-15-26-24(29)22-9-6-16-30-22/h4-13,16H,14-15,17H2,1-3H3,(H,26,29). The fourth-order valence-electron chi connectivity index (χ4n) is 3.57. The number of aromatic nitrogens is 2. The summed E-state index contributed by atoms with van der Waals surface area (Å²) in [6, 6.07) is 20.8. The average Bonchev–Trinajstić information content (AvgIpc) is 3.37. The fraction of sp³-hybridized carbons (Fsp3) is 0.280. The summed E-state index contributed by atoms with van der Waals surface area (Å²) in [5, 5.41) is 4.93. The number of nitrogens with zero attached hydrogens (tertiary/aromatic N) is 2. The maximum Gasteiger partial charge on any atom is 0.261 e. The van der Waals surface area contributed by atoms with Crippen LogP contribution in [0.3, 0.4) is 0 Å². The van der Waals surface area contributed by atoms with Crippen molar-refractivity contribution in [2.24, 2.45) is 0 Å². The monoisotopic (exact) mass is 417 g/mol. The summed E-state index contributed by atoms with van der Waals surface area (Å²) in [6.07, 6.45) is 0.686. The Morgan fingerprint density at radius 1 is 1.03 bits per heavy atom. The van der Waals surface area contributed by atoms with Gasteiger partial charge in [-0.3, -0.25) is 4.79 Å². The topological polar surface area (TPSA) is 46.9 Å². The summed E-state index contributed by atoms with van der Waals surface area (Å²) in [5.74, 6) is 0.966. The first-order chi connectivity index (χ1) is 14.4. The van der Waals surface area contributed by atoms with Gasteiger partial charge in [-0.25, -0.2) is 4.98 Å². The number of hydrogen-bond acceptors (Lipinski definition) is 3. The van der Waals surface area contributed by atoms with Gasteiger partial charge in [0.15, 0.2) is 0 Å². The first-order valence-electron chi connectivity index (χ1n) is 10.3. The van der Waals surface area contributed by atoms with Crippen LogP contribution < -0.4 is 5.32 Å². The van der Waals surface area contributed by atoms with Crippen molar-refractivity contribution in [3.8, 4) is 0 Å². The second-order valence-corrected chi connectivity index (χ2v) is 9.48. The molecule has 0 spiro atoms. The first-order valence-corrected chi connectivity index (χ1v) is 11.1. The van der Waals surface area contributed by atoms with Gasteiger partial charge in [-0.05, 0) is 40.1 Å². The molecule has 2 aromatic heterocycles. The van der Waals surface area contributed by atoms with Crippen LogP contribution in [0, 0.1) is 0 Å². The third-order valence-electron chi connectivity index (χ3n) is 5.27. The van der Waals surface area contributed by atoms with Gasteiger partial charge in [-0.15, -0.1) is 11.3 Å². The Bertz CT molecular complexity index is 1140. The van der Waals surface area contributed by atoms with Gasteiger partial charge < -0.3 is 9.88 Å². The van der Waals surface area contributed by atoms with E-state index in [9.17, 15) is 4.79 Å². The number of carbonyl (C=O) groups is 1. The molecule has 0 radical (unpaired) electrons. The van der Waals surface area contributed by atoms with E-state index in [4.69, 9.17) is 4.98 Å². The molecule has 0 bridgehead atoms. The van der Waals surface area contributed by atoms with E-state index in [0.717, 1.165) is 28.3 Å². The Morgan fingerprint density at radius 2 is 1.80 bits per heavy atom. The van der Waals surface area contributed by atoms with E-state index in [-0.39, 0.29) is 11.3 Å². The molecule has 0 unspecified atom stereocenters. The van der Waals surface area contributed by atoms with Gasteiger partial charge in [0.25, 0.3) is 5.91 Å². The quantitative estimate of drug-likeness (QED) is 0.456. The highest BCUT2D eigenvalue weighted by Crippen LogP contribution is 2.23. The molecular weight excluding hydrogens is 390 g/mol. The molecule has 1 amide bonds. The number of carbonyl (C=O) groups excluding carboxylic acids is 1. The zero-order valence-electron chi connectivity index (χ0n) is 17.7. The zero-order valence-corrected chi connectivity index (χ0v) is 18.5. The molecule has 30 heavy (non-hydrogen) atoms. The summed E-state index contributed by atoms with van der Waals surface area (Å²) in [4.78, 5) is 17.8. The van der Waals surface area contributed by atoms with Crippen LogP contribution in [-0.4, -0.2) is 22.0 Å². The van der Waals surface area contributed by atoms with Crippen LogP contribution in [0.4, 0.5) is 0 Å². The van der Waals surface area contributed by atoms with Crippen molar-refractivity contribution in [1.82, 2.24) is 14.9 Å². The van der Waals surface area contributed by atoms with Crippen LogP contribution in [0.1, 0.15) is 47.4 Å². The van der Waals surface area contributed by atoms with E-state index in [1.54, 1.807) is 0 Å². The molecule has 0 aliphatic rings. The average molecular weight is 418 g/mol. The molecule has 0 saturated heterocycles. The maximum atomic E-state index is 12.2. The Morgan fingerprint density at radius 3 is 2.50 bits per heavy atom. The number of nitrogens with one attached hydrogen (secondary N) is 1. The van der Waals surface area contributed by atoms with E-state index < -0.39 is 0 Å². The summed E-state index contributed by atoms with van der Waals surface area (Å²) in [7, 11) is 0. The van der Waals surface area contributed by atoms with Crippen molar-refractivity contribution >= 4 is 28.3 Å². The smallest absolute Gasteiger partial charge is 0.261 e. The molecule has 2 heterocycles. The van der Waals surface area contributed by atoms with Gasteiger partial charge in [-0.1, -0.05) is 63.2 Å². The van der Waals surface area contributed by atoms with Gasteiger partial charge in [-0.2, -0.15) is 0 Å². The van der Waals surface area contributed by atoms with Gasteiger partial charge in [0.1, 0.15) is 5.82 Å². The Labute approximate surface area is 181 Å². The largest absolute Gasteiger partial charge is 0.351 e. The Balaban J connectivity index is 1.53. The lowest BCUT2D eigenvalue weighted by molar-refractivity contribution is 0.0958. The molecule has 4 nitrogen and oxygen atoms in total. The molecule has 0 atom stereocenters. The molecule has 1 N–H and O–H groups in total. The van der Waals surface area contributed by atoms with Crippen LogP contribution in [0.15, 0.2) is 66.0 Å².